The third-order valence-electron chi connectivity index (χ3n) is 6.85. The lowest BCUT2D eigenvalue weighted by atomic mass is 9.97. The Balaban J connectivity index is 1.69. The largest absolute Gasteiger partial charge is 0.487 e. The third-order valence-corrected chi connectivity index (χ3v) is 7.10. The molecule has 3 aromatic rings. The number of aliphatic imine (C=N–C) groups is 1. The number of aromatic nitrogens is 1. The average molecular weight is 607 g/mol. The van der Waals surface area contributed by atoms with Crippen LogP contribution in [0.15, 0.2) is 64.3 Å². The Morgan fingerprint density at radius 2 is 1.88 bits per heavy atom. The highest BCUT2D eigenvalue weighted by atomic mass is 35.5. The van der Waals surface area contributed by atoms with E-state index in [1.54, 1.807) is 36.4 Å². The molecule has 3 heterocycles. The Labute approximate surface area is 252 Å². The predicted octanol–water partition coefficient (Wildman–Crippen LogP) is 3.66. The summed E-state index contributed by atoms with van der Waals surface area (Å²) in [5.74, 6) is -0.986. The summed E-state index contributed by atoms with van der Waals surface area (Å²) in [5, 5.41) is 7.40. The molecular formula is C30H31ClN6O6. The van der Waals surface area contributed by atoms with Crippen LogP contribution < -0.4 is 15.8 Å². The van der Waals surface area contributed by atoms with Crippen LogP contribution >= 0.6 is 11.6 Å². The van der Waals surface area contributed by atoms with Gasteiger partial charge in [0.15, 0.2) is 5.78 Å². The number of carbonyl (C=O) groups is 4. The van der Waals surface area contributed by atoms with Gasteiger partial charge < -0.3 is 25.2 Å². The Morgan fingerprint density at radius 3 is 2.51 bits per heavy atom. The van der Waals surface area contributed by atoms with Gasteiger partial charge in [0.05, 0.1) is 18.0 Å². The minimum atomic E-state index is -0.754. The third kappa shape index (κ3) is 6.54. The number of nitrogens with zero attached hydrogens (tertiary/aromatic N) is 4. The van der Waals surface area contributed by atoms with E-state index < -0.39 is 41.8 Å². The van der Waals surface area contributed by atoms with Crippen molar-refractivity contribution in [3.63, 3.8) is 0 Å². The van der Waals surface area contributed by atoms with Gasteiger partial charge in [-0.3, -0.25) is 24.3 Å². The number of rotatable bonds is 7. The first kappa shape index (κ1) is 29.8. The number of hydrogen-bond donors (Lipinski definition) is 2. The Bertz CT molecular complexity index is 1580. The number of benzene rings is 2. The molecule has 2 atom stereocenters. The Morgan fingerprint density at radius 1 is 1.14 bits per heavy atom. The van der Waals surface area contributed by atoms with Gasteiger partial charge in [0.1, 0.15) is 41.7 Å². The van der Waals surface area contributed by atoms with Gasteiger partial charge in [0.25, 0.3) is 0 Å². The minimum Gasteiger partial charge on any atom is -0.487 e. The Kier molecular flexibility index (Phi) is 8.23. The normalized spacial score (nSPS) is 18.7. The molecule has 0 aliphatic carbocycles. The van der Waals surface area contributed by atoms with Crippen LogP contribution in [0.5, 0.6) is 5.75 Å². The molecule has 2 aromatic carbocycles. The summed E-state index contributed by atoms with van der Waals surface area (Å²) in [6.07, 6.45) is 0.958. The molecule has 2 aliphatic heterocycles. The summed E-state index contributed by atoms with van der Waals surface area (Å²) < 4.78 is 11.5. The molecule has 0 unspecified atom stereocenters. The van der Waals surface area contributed by atoms with Gasteiger partial charge in [-0.15, -0.1) is 0 Å². The number of hydrogen-bond acceptors (Lipinski definition) is 8. The highest BCUT2D eigenvalue weighted by Gasteiger charge is 2.46. The SMILES string of the molecule is CC(C)(C)Oc1cc(C(=O)CC(N)=O)ccc1C1=N[C@@H](c2ccon2)[C@@H](c2ccc(Cl)cc2)N1C(=O)N1CCNC(=O)C1. The van der Waals surface area contributed by atoms with E-state index in [0.717, 1.165) is 5.56 Å². The highest BCUT2D eigenvalue weighted by molar-refractivity contribution is 6.30. The number of urea groups is 1. The number of amidine groups is 1. The van der Waals surface area contributed by atoms with Crippen LogP contribution in [0.3, 0.4) is 0 Å². The number of piperazine rings is 1. The van der Waals surface area contributed by atoms with Gasteiger partial charge in [0, 0.05) is 29.7 Å². The van der Waals surface area contributed by atoms with Crippen LogP contribution in [0, 0.1) is 0 Å². The molecule has 0 bridgehead atoms. The van der Waals surface area contributed by atoms with E-state index in [1.807, 2.05) is 20.8 Å². The van der Waals surface area contributed by atoms with Gasteiger partial charge in [-0.1, -0.05) is 35.0 Å². The zero-order valence-electron chi connectivity index (χ0n) is 23.9. The van der Waals surface area contributed by atoms with Crippen molar-refractivity contribution in [2.24, 2.45) is 10.7 Å². The summed E-state index contributed by atoms with van der Waals surface area (Å²) in [4.78, 5) is 58.9. The maximum Gasteiger partial charge on any atom is 0.326 e. The van der Waals surface area contributed by atoms with Crippen LogP contribution in [0.4, 0.5) is 4.79 Å². The molecule has 5 rings (SSSR count). The lowest BCUT2D eigenvalue weighted by Crippen LogP contribution is -2.55. The number of nitrogens with two attached hydrogens (primary N) is 1. The maximum atomic E-state index is 14.4. The molecule has 13 heteroatoms. The number of ether oxygens (including phenoxy) is 1. The molecule has 1 fully saturated rings. The van der Waals surface area contributed by atoms with Crippen molar-refractivity contribution in [2.75, 3.05) is 19.6 Å². The monoisotopic (exact) mass is 606 g/mol. The van der Waals surface area contributed by atoms with Crippen LogP contribution in [-0.4, -0.2) is 69.7 Å². The van der Waals surface area contributed by atoms with Crippen LogP contribution in [0.25, 0.3) is 0 Å². The van der Waals surface area contributed by atoms with Crippen molar-refractivity contribution in [1.82, 2.24) is 20.3 Å². The maximum absolute atomic E-state index is 14.4. The fraction of sp³-hybridized carbons (Fsp3) is 0.333. The highest BCUT2D eigenvalue weighted by Crippen LogP contribution is 2.45. The summed E-state index contributed by atoms with van der Waals surface area (Å²) in [6, 6.07) is 11.6. The van der Waals surface area contributed by atoms with Crippen LogP contribution in [0.2, 0.25) is 5.02 Å². The topological polar surface area (TPSA) is 160 Å². The molecule has 0 saturated carbocycles. The van der Waals surface area contributed by atoms with E-state index in [4.69, 9.17) is 31.6 Å². The number of nitrogens with one attached hydrogen (secondary N) is 1. The van der Waals surface area contributed by atoms with E-state index in [-0.39, 0.29) is 29.6 Å². The second-order valence-electron chi connectivity index (χ2n) is 11.2. The Hall–Kier alpha value is -4.71. The van der Waals surface area contributed by atoms with E-state index in [0.29, 0.717) is 29.4 Å². The zero-order chi connectivity index (χ0) is 30.9. The number of primary amides is 1. The summed E-state index contributed by atoms with van der Waals surface area (Å²) in [6.45, 7) is 6.00. The molecule has 224 valence electrons. The first-order valence-electron chi connectivity index (χ1n) is 13.6. The first-order chi connectivity index (χ1) is 20.4. The minimum absolute atomic E-state index is 0.128. The van der Waals surface area contributed by atoms with E-state index >= 15 is 0 Å². The van der Waals surface area contributed by atoms with E-state index in [1.165, 1.54) is 28.2 Å². The van der Waals surface area contributed by atoms with Gasteiger partial charge in [-0.2, -0.15) is 0 Å². The molecule has 1 saturated heterocycles. The quantitative estimate of drug-likeness (QED) is 0.306. The molecule has 0 spiro atoms. The lowest BCUT2D eigenvalue weighted by Gasteiger charge is -2.35. The lowest BCUT2D eigenvalue weighted by molar-refractivity contribution is -0.123. The molecule has 1 aromatic heterocycles. The summed E-state index contributed by atoms with van der Waals surface area (Å²) >= 11 is 6.21. The summed E-state index contributed by atoms with van der Waals surface area (Å²) in [5.41, 5.74) is 6.40. The van der Waals surface area contributed by atoms with Gasteiger partial charge in [0.2, 0.25) is 11.8 Å². The number of Topliss-reactive ketones (excluding diaryl/α,β-unsaturated/α-hetero) is 1. The molecule has 0 radical (unpaired) electrons. The molecule has 4 amide bonds. The van der Waals surface area contributed by atoms with Crippen molar-refractivity contribution < 1.29 is 28.4 Å². The zero-order valence-corrected chi connectivity index (χ0v) is 24.6. The second kappa shape index (κ2) is 11.9. The van der Waals surface area contributed by atoms with Gasteiger partial charge >= 0.3 is 6.03 Å². The van der Waals surface area contributed by atoms with Crippen molar-refractivity contribution in [3.05, 3.63) is 82.2 Å². The van der Waals surface area contributed by atoms with Crippen molar-refractivity contribution in [1.29, 1.82) is 0 Å². The molecule has 43 heavy (non-hydrogen) atoms. The van der Waals surface area contributed by atoms with Gasteiger partial charge in [-0.25, -0.2) is 4.79 Å². The molecule has 12 nitrogen and oxygen atoms in total. The van der Waals surface area contributed by atoms with Crippen molar-refractivity contribution >= 4 is 41.1 Å². The predicted molar refractivity (Wildman–Crippen MR) is 157 cm³/mol. The number of halogens is 1. The first-order valence-corrected chi connectivity index (χ1v) is 14.0. The molecule has 3 N–H and O–H groups in total. The van der Waals surface area contributed by atoms with Crippen LogP contribution in [-0.2, 0) is 9.59 Å². The van der Waals surface area contributed by atoms with Gasteiger partial charge in [-0.05, 0) is 50.6 Å². The van der Waals surface area contributed by atoms with E-state index in [9.17, 15) is 19.2 Å². The number of amides is 4. The molecular weight excluding hydrogens is 576 g/mol. The second-order valence-corrected chi connectivity index (χ2v) is 11.7. The van der Waals surface area contributed by atoms with Crippen molar-refractivity contribution in [2.45, 2.75) is 44.9 Å². The fourth-order valence-electron chi connectivity index (χ4n) is 5.05. The average Bonchev–Trinajstić information content (AvgIpc) is 3.60. The smallest absolute Gasteiger partial charge is 0.326 e. The summed E-state index contributed by atoms with van der Waals surface area (Å²) in [7, 11) is 0. The number of ketones is 1. The fourth-order valence-corrected chi connectivity index (χ4v) is 5.18. The van der Waals surface area contributed by atoms with E-state index in [2.05, 4.69) is 10.5 Å². The van der Waals surface area contributed by atoms with Crippen molar-refractivity contribution in [3.8, 4) is 5.75 Å². The molecule has 2 aliphatic rings. The van der Waals surface area contributed by atoms with Crippen LogP contribution in [0.1, 0.15) is 66.5 Å². The number of carbonyl (C=O) groups excluding carboxylic acids is 4. The standard InChI is InChI=1S/C30H31ClN6O6/c1-30(2,3)43-23-14-18(22(38)15-24(32)39)6-9-20(23)28-34-26(21-10-13-42-35-21)27(17-4-7-19(31)8-5-17)37(28)29(41)36-12-11-33-25(40)16-36/h4-10,13-14,26-27H,11-12,15-16H2,1-3H3,(H2,32,39)(H,33,40)/t26-,27+/m0/s1.